The fourth-order valence-electron chi connectivity index (χ4n) is 3.68. The lowest BCUT2D eigenvalue weighted by molar-refractivity contribution is 0.180. The highest BCUT2D eigenvalue weighted by Crippen LogP contribution is 2.84. The summed E-state index contributed by atoms with van der Waals surface area (Å²) < 4.78 is 0. The molecular formula is C9H13N. The van der Waals surface area contributed by atoms with Gasteiger partial charge in [0.15, 0.2) is 0 Å². The Morgan fingerprint density at radius 2 is 2.10 bits per heavy atom. The van der Waals surface area contributed by atoms with E-state index in [1.807, 2.05) is 0 Å². The zero-order valence-electron chi connectivity index (χ0n) is 6.52. The molecule has 0 heterocycles. The fraction of sp³-hybridized carbons (Fsp3) is 0.778. The minimum Gasteiger partial charge on any atom is -0.324 e. The fourth-order valence-corrected chi connectivity index (χ4v) is 3.68. The average molecular weight is 135 g/mol. The molecule has 3 aliphatic rings. The smallest absolute Gasteiger partial charge is 0.0301 e. The van der Waals surface area contributed by atoms with Gasteiger partial charge in [0.05, 0.1) is 0 Å². The largest absolute Gasteiger partial charge is 0.324 e. The first-order valence-corrected chi connectivity index (χ1v) is 4.02. The Balaban J connectivity index is 2.19. The molecule has 0 radical (unpaired) electrons. The van der Waals surface area contributed by atoms with E-state index in [1.165, 1.54) is 6.42 Å². The summed E-state index contributed by atoms with van der Waals surface area (Å²) in [6.07, 6.45) is 5.92. The van der Waals surface area contributed by atoms with Crippen molar-refractivity contribution in [2.24, 2.45) is 22.5 Å². The van der Waals surface area contributed by atoms with Crippen molar-refractivity contribution in [3.63, 3.8) is 0 Å². The Morgan fingerprint density at radius 3 is 2.30 bits per heavy atom. The van der Waals surface area contributed by atoms with Gasteiger partial charge in [0.25, 0.3) is 0 Å². The molecule has 0 aromatic rings. The van der Waals surface area contributed by atoms with E-state index in [4.69, 9.17) is 5.73 Å². The highest BCUT2D eigenvalue weighted by atomic mass is 15.0. The van der Waals surface area contributed by atoms with E-state index >= 15 is 0 Å². The molecule has 2 N–H and O–H groups in total. The number of fused-ring (bicyclic) bond motifs is 1. The van der Waals surface area contributed by atoms with Crippen molar-refractivity contribution in [2.75, 3.05) is 0 Å². The summed E-state index contributed by atoms with van der Waals surface area (Å²) >= 11 is 0. The zero-order valence-corrected chi connectivity index (χ0v) is 6.52. The first-order valence-electron chi connectivity index (χ1n) is 4.02. The van der Waals surface area contributed by atoms with Gasteiger partial charge in [-0.2, -0.15) is 0 Å². The molecule has 4 unspecified atom stereocenters. The molecule has 0 saturated heterocycles. The lowest BCUT2D eigenvalue weighted by Gasteiger charge is -2.40. The van der Waals surface area contributed by atoms with Crippen LogP contribution >= 0.6 is 0 Å². The molecule has 3 aliphatic carbocycles. The van der Waals surface area contributed by atoms with Crippen molar-refractivity contribution >= 4 is 0 Å². The molecule has 0 aromatic heterocycles. The van der Waals surface area contributed by atoms with Crippen molar-refractivity contribution < 1.29 is 0 Å². The predicted octanol–water partition coefficient (Wildman–Crippen LogP) is 1.30. The third-order valence-corrected chi connectivity index (χ3v) is 4.18. The normalized spacial score (nSPS) is 74.9. The van der Waals surface area contributed by atoms with E-state index in [2.05, 4.69) is 26.0 Å². The van der Waals surface area contributed by atoms with Crippen LogP contribution in [0, 0.1) is 16.7 Å². The van der Waals surface area contributed by atoms with Crippen LogP contribution in [-0.2, 0) is 0 Å². The monoisotopic (exact) mass is 135 g/mol. The molecule has 0 spiro atoms. The maximum absolute atomic E-state index is 6.15. The van der Waals surface area contributed by atoms with Gasteiger partial charge < -0.3 is 5.73 Å². The van der Waals surface area contributed by atoms with Crippen molar-refractivity contribution in [1.82, 2.24) is 0 Å². The Bertz CT molecular complexity index is 257. The van der Waals surface area contributed by atoms with Crippen molar-refractivity contribution in [2.45, 2.75) is 25.8 Å². The number of nitrogens with two attached hydrogens (primary N) is 1. The summed E-state index contributed by atoms with van der Waals surface area (Å²) in [4.78, 5) is 0. The molecule has 2 fully saturated rings. The molecule has 3 rings (SSSR count). The van der Waals surface area contributed by atoms with Crippen LogP contribution in [-0.4, -0.2) is 5.54 Å². The highest BCUT2D eigenvalue weighted by Gasteiger charge is 2.86. The summed E-state index contributed by atoms with van der Waals surface area (Å²) in [5, 5.41) is 0. The number of rotatable bonds is 0. The Hall–Kier alpha value is -0.300. The van der Waals surface area contributed by atoms with E-state index in [0.717, 1.165) is 5.92 Å². The summed E-state index contributed by atoms with van der Waals surface area (Å²) in [5.74, 6) is 0.785. The van der Waals surface area contributed by atoms with Crippen molar-refractivity contribution in [1.29, 1.82) is 0 Å². The van der Waals surface area contributed by atoms with E-state index in [0.29, 0.717) is 10.8 Å². The molecule has 1 nitrogen and oxygen atoms in total. The van der Waals surface area contributed by atoms with Gasteiger partial charge in [-0.1, -0.05) is 26.0 Å². The van der Waals surface area contributed by atoms with Crippen LogP contribution in [0.25, 0.3) is 0 Å². The maximum Gasteiger partial charge on any atom is 0.0301 e. The topological polar surface area (TPSA) is 26.0 Å². The standard InChI is InChI=1S/C9H13N/c1-7-3-4-8(2)6(7)9(8,10)5-7/h3-4,6H,5,10H2,1-2H3. The number of allylic oxidation sites excluding steroid dienone is 1. The van der Waals surface area contributed by atoms with E-state index in [9.17, 15) is 0 Å². The van der Waals surface area contributed by atoms with Gasteiger partial charge in [-0.3, -0.25) is 0 Å². The van der Waals surface area contributed by atoms with Crippen molar-refractivity contribution in [3.8, 4) is 0 Å². The second kappa shape index (κ2) is 0.918. The predicted molar refractivity (Wildman–Crippen MR) is 40.4 cm³/mol. The second-order valence-electron chi connectivity index (χ2n) is 4.77. The summed E-state index contributed by atoms with van der Waals surface area (Å²) in [6, 6.07) is 0. The molecule has 54 valence electrons. The van der Waals surface area contributed by atoms with E-state index < -0.39 is 0 Å². The third kappa shape index (κ3) is 0.243. The molecule has 1 heteroatoms. The van der Waals surface area contributed by atoms with Gasteiger partial charge in [-0.25, -0.2) is 0 Å². The molecule has 0 aliphatic heterocycles. The maximum atomic E-state index is 6.15. The van der Waals surface area contributed by atoms with Crippen molar-refractivity contribution in [3.05, 3.63) is 12.2 Å². The van der Waals surface area contributed by atoms with Crippen LogP contribution in [0.5, 0.6) is 0 Å². The quantitative estimate of drug-likeness (QED) is 0.498. The molecular weight excluding hydrogens is 122 g/mol. The van der Waals surface area contributed by atoms with Gasteiger partial charge in [-0.05, 0) is 17.8 Å². The van der Waals surface area contributed by atoms with Crippen LogP contribution < -0.4 is 5.73 Å². The second-order valence-corrected chi connectivity index (χ2v) is 4.77. The number of hydrogen-bond acceptors (Lipinski definition) is 1. The van der Waals surface area contributed by atoms with Crippen LogP contribution in [0.3, 0.4) is 0 Å². The summed E-state index contributed by atoms with van der Waals surface area (Å²) in [5.41, 5.74) is 7.25. The summed E-state index contributed by atoms with van der Waals surface area (Å²) in [7, 11) is 0. The Kier molecular flexibility index (Phi) is 0.493. The van der Waals surface area contributed by atoms with Gasteiger partial charge in [0, 0.05) is 11.0 Å². The van der Waals surface area contributed by atoms with Gasteiger partial charge in [0.1, 0.15) is 0 Å². The van der Waals surface area contributed by atoms with Gasteiger partial charge >= 0.3 is 0 Å². The molecule has 0 aromatic carbocycles. The Labute approximate surface area is 61.3 Å². The van der Waals surface area contributed by atoms with Crippen LogP contribution in [0.1, 0.15) is 20.3 Å². The van der Waals surface area contributed by atoms with Gasteiger partial charge in [-0.15, -0.1) is 0 Å². The number of hydrogen-bond donors (Lipinski definition) is 1. The van der Waals surface area contributed by atoms with Crippen LogP contribution in [0.2, 0.25) is 0 Å². The highest BCUT2D eigenvalue weighted by molar-refractivity contribution is 5.50. The SMILES string of the molecule is CC12C=CC3(C)C1C3(N)C2. The minimum atomic E-state index is 0.219. The lowest BCUT2D eigenvalue weighted by atomic mass is 9.67. The average Bonchev–Trinajstić information content (AvgIpc) is 2.02. The molecule has 2 saturated carbocycles. The molecule has 0 amide bonds. The summed E-state index contributed by atoms with van der Waals surface area (Å²) in [6.45, 7) is 4.63. The van der Waals surface area contributed by atoms with Crippen LogP contribution in [0.15, 0.2) is 12.2 Å². The van der Waals surface area contributed by atoms with E-state index in [-0.39, 0.29) is 5.54 Å². The Morgan fingerprint density at radius 1 is 1.40 bits per heavy atom. The van der Waals surface area contributed by atoms with Crippen LogP contribution in [0.4, 0.5) is 0 Å². The van der Waals surface area contributed by atoms with Gasteiger partial charge in [0.2, 0.25) is 0 Å². The molecule has 4 atom stereocenters. The molecule has 10 heavy (non-hydrogen) atoms. The first-order chi connectivity index (χ1) is 4.53. The third-order valence-electron chi connectivity index (χ3n) is 4.18. The molecule has 0 bridgehead atoms. The van der Waals surface area contributed by atoms with E-state index in [1.54, 1.807) is 0 Å². The zero-order chi connectivity index (χ0) is 7.20. The minimum absolute atomic E-state index is 0.219. The first kappa shape index (κ1) is 5.36. The lowest BCUT2D eigenvalue weighted by Crippen LogP contribution is -2.47.